The third-order valence-corrected chi connectivity index (χ3v) is 12.4. The van der Waals surface area contributed by atoms with E-state index in [1.807, 2.05) is 27.7 Å². The second-order valence-corrected chi connectivity index (χ2v) is 17.9. The number of unbranched alkanes of at least 4 members (excludes halogenated alkanes) is 7. The van der Waals surface area contributed by atoms with Crippen molar-refractivity contribution in [1.82, 2.24) is 0 Å². The van der Waals surface area contributed by atoms with Gasteiger partial charge in [0, 0.05) is 0 Å². The predicted molar refractivity (Wildman–Crippen MR) is 144 cm³/mol. The Balaban J connectivity index is 1.57. The molecule has 4 atom stereocenters. The molecule has 6 nitrogen and oxygen atoms in total. The first kappa shape index (κ1) is 31.2. The summed E-state index contributed by atoms with van der Waals surface area (Å²) < 4.78 is 30.0. The van der Waals surface area contributed by atoms with Crippen molar-refractivity contribution in [3.05, 3.63) is 0 Å². The summed E-state index contributed by atoms with van der Waals surface area (Å²) in [5.74, 6) is -1.05. The van der Waals surface area contributed by atoms with Crippen molar-refractivity contribution in [3.8, 4) is 0 Å². The maximum absolute atomic E-state index is 10.9. The van der Waals surface area contributed by atoms with Crippen molar-refractivity contribution >= 4 is 8.32 Å². The molecule has 0 unspecified atom stereocenters. The molecule has 2 fully saturated rings. The normalized spacial score (nSPS) is 27.4. The highest BCUT2D eigenvalue weighted by atomic mass is 28.4. The number of hydrogen-bond acceptors (Lipinski definition) is 6. The van der Waals surface area contributed by atoms with Crippen molar-refractivity contribution in [1.29, 1.82) is 0 Å². The highest BCUT2D eigenvalue weighted by Gasteiger charge is 2.45. The Morgan fingerprint density at radius 2 is 1.37 bits per heavy atom. The Kier molecular flexibility index (Phi) is 11.7. The van der Waals surface area contributed by atoms with Crippen LogP contribution in [-0.2, 0) is 23.4 Å². The van der Waals surface area contributed by atoms with Crippen molar-refractivity contribution in [2.24, 2.45) is 0 Å². The number of rotatable bonds is 15. The van der Waals surface area contributed by atoms with Gasteiger partial charge in [0.2, 0.25) is 0 Å². The van der Waals surface area contributed by atoms with Crippen LogP contribution in [0.15, 0.2) is 0 Å². The molecule has 0 aromatic rings. The third-order valence-electron chi connectivity index (χ3n) is 7.85. The van der Waals surface area contributed by atoms with E-state index < -0.39 is 26.0 Å². The Bertz CT molecular complexity index is 615. The second-order valence-electron chi connectivity index (χ2n) is 13.1. The molecule has 2 aliphatic rings. The molecule has 2 aliphatic heterocycles. The van der Waals surface area contributed by atoms with Gasteiger partial charge in [-0.2, -0.15) is 0 Å². The van der Waals surface area contributed by atoms with Crippen LogP contribution >= 0.6 is 0 Å². The number of hydrogen-bond donors (Lipinski definition) is 1. The van der Waals surface area contributed by atoms with Crippen LogP contribution < -0.4 is 0 Å². The van der Waals surface area contributed by atoms with Gasteiger partial charge in [0.25, 0.3) is 0 Å². The fourth-order valence-corrected chi connectivity index (χ4v) is 5.72. The van der Waals surface area contributed by atoms with Crippen molar-refractivity contribution in [3.63, 3.8) is 0 Å². The molecule has 7 heteroatoms. The van der Waals surface area contributed by atoms with Gasteiger partial charge in [0.15, 0.2) is 19.9 Å². The largest absolute Gasteiger partial charge is 0.414 e. The van der Waals surface area contributed by atoms with Crippen LogP contribution in [0.3, 0.4) is 0 Å². The zero-order chi connectivity index (χ0) is 26.3. The van der Waals surface area contributed by atoms with Crippen molar-refractivity contribution < 1.29 is 28.5 Å². The molecule has 2 heterocycles. The van der Waals surface area contributed by atoms with E-state index in [1.165, 1.54) is 44.9 Å². The van der Waals surface area contributed by atoms with Gasteiger partial charge in [0.1, 0.15) is 12.2 Å². The molecular weight excluding hydrogens is 460 g/mol. The fraction of sp³-hybridized carbons (Fsp3) is 1.00. The van der Waals surface area contributed by atoms with Gasteiger partial charge in [-0.1, -0.05) is 72.1 Å². The summed E-state index contributed by atoms with van der Waals surface area (Å²) in [5, 5.41) is 11.0. The lowest BCUT2D eigenvalue weighted by Gasteiger charge is -2.37. The summed E-state index contributed by atoms with van der Waals surface area (Å²) >= 11 is 0. The number of aliphatic hydroxyl groups is 1. The average molecular weight is 517 g/mol. The standard InChI is InChI=1S/C28H56O6Si/c1-26(2,3)35(8,9)31-21-23(29)25-24(33-28(6,7)34-25)19-17-15-13-11-10-12-14-16-18-22-20-30-27(4,5)32-22/h22-25,29H,10-21H2,1-9H3/t22-,23-,24-,25-/m1/s1. The molecule has 0 radical (unpaired) electrons. The van der Waals surface area contributed by atoms with Gasteiger partial charge in [-0.3, -0.25) is 0 Å². The van der Waals surface area contributed by atoms with Crippen LogP contribution in [0, 0.1) is 0 Å². The van der Waals surface area contributed by atoms with E-state index in [0.717, 1.165) is 25.9 Å². The summed E-state index contributed by atoms with van der Waals surface area (Å²) in [7, 11) is -1.91. The Morgan fingerprint density at radius 3 is 1.89 bits per heavy atom. The molecule has 0 aromatic carbocycles. The van der Waals surface area contributed by atoms with E-state index in [9.17, 15) is 5.11 Å². The molecule has 0 aliphatic carbocycles. The van der Waals surface area contributed by atoms with Gasteiger partial charge in [0.05, 0.1) is 25.4 Å². The summed E-state index contributed by atoms with van der Waals surface area (Å²) in [6, 6.07) is 0. The molecule has 2 saturated heterocycles. The summed E-state index contributed by atoms with van der Waals surface area (Å²) in [5.41, 5.74) is 0. The molecule has 208 valence electrons. The van der Waals surface area contributed by atoms with E-state index in [1.54, 1.807) is 0 Å². The minimum Gasteiger partial charge on any atom is -0.414 e. The zero-order valence-electron chi connectivity index (χ0n) is 24.3. The molecule has 1 N–H and O–H groups in total. The Hall–Kier alpha value is -0.0231. The van der Waals surface area contributed by atoms with Gasteiger partial charge < -0.3 is 28.5 Å². The number of ether oxygens (including phenoxy) is 4. The minimum absolute atomic E-state index is 0.0743. The predicted octanol–water partition coefficient (Wildman–Crippen LogP) is 6.94. The molecule has 0 aromatic heterocycles. The van der Waals surface area contributed by atoms with Crippen LogP contribution in [0.1, 0.15) is 113 Å². The average Bonchev–Trinajstić information content (AvgIpc) is 3.24. The molecule has 0 bridgehead atoms. The van der Waals surface area contributed by atoms with Gasteiger partial charge in [-0.25, -0.2) is 0 Å². The van der Waals surface area contributed by atoms with Crippen LogP contribution in [0.5, 0.6) is 0 Å². The molecule has 0 amide bonds. The monoisotopic (exact) mass is 516 g/mol. The van der Waals surface area contributed by atoms with E-state index in [2.05, 4.69) is 33.9 Å². The van der Waals surface area contributed by atoms with Crippen LogP contribution in [0.4, 0.5) is 0 Å². The van der Waals surface area contributed by atoms with E-state index in [0.29, 0.717) is 6.61 Å². The van der Waals surface area contributed by atoms with E-state index in [4.69, 9.17) is 23.4 Å². The lowest BCUT2D eigenvalue weighted by molar-refractivity contribution is -0.157. The summed E-state index contributed by atoms with van der Waals surface area (Å²) in [6.45, 7) is 20.0. The van der Waals surface area contributed by atoms with Crippen LogP contribution in [-0.4, -0.2) is 62.6 Å². The summed E-state index contributed by atoms with van der Waals surface area (Å²) in [4.78, 5) is 0. The van der Waals surface area contributed by atoms with Crippen LogP contribution in [0.2, 0.25) is 18.1 Å². The van der Waals surface area contributed by atoms with E-state index in [-0.39, 0.29) is 23.4 Å². The molecule has 2 rings (SSSR count). The fourth-order valence-electron chi connectivity index (χ4n) is 4.70. The first-order valence-corrected chi connectivity index (χ1v) is 17.0. The first-order chi connectivity index (χ1) is 16.1. The van der Waals surface area contributed by atoms with Gasteiger partial charge >= 0.3 is 0 Å². The highest BCUT2D eigenvalue weighted by Crippen LogP contribution is 2.38. The lowest BCUT2D eigenvalue weighted by atomic mass is 10.0. The molecule has 0 saturated carbocycles. The maximum atomic E-state index is 10.9. The maximum Gasteiger partial charge on any atom is 0.192 e. The second kappa shape index (κ2) is 13.2. The quantitative estimate of drug-likeness (QED) is 0.188. The number of aliphatic hydroxyl groups excluding tert-OH is 1. The molecule has 35 heavy (non-hydrogen) atoms. The Labute approximate surface area is 216 Å². The van der Waals surface area contributed by atoms with Crippen LogP contribution in [0.25, 0.3) is 0 Å². The van der Waals surface area contributed by atoms with Crippen molar-refractivity contribution in [2.75, 3.05) is 13.2 Å². The Morgan fingerprint density at radius 1 is 0.829 bits per heavy atom. The first-order valence-electron chi connectivity index (χ1n) is 14.1. The molecular formula is C28H56O6Si. The molecule has 0 spiro atoms. The topological polar surface area (TPSA) is 66.4 Å². The SMILES string of the molecule is CC1(C)OC[C@@H](CCCCCCCCCC[C@H]2OC(C)(C)O[C@@H]2[C@H](O)CO[Si](C)(C)C(C)(C)C)O1. The summed E-state index contributed by atoms with van der Waals surface area (Å²) in [6.07, 6.45) is 11.2. The van der Waals surface area contributed by atoms with Crippen molar-refractivity contribution in [2.45, 2.75) is 167 Å². The third kappa shape index (κ3) is 10.7. The highest BCUT2D eigenvalue weighted by molar-refractivity contribution is 6.74. The smallest absolute Gasteiger partial charge is 0.192 e. The minimum atomic E-state index is -1.91. The van der Waals surface area contributed by atoms with E-state index >= 15 is 0 Å². The van der Waals surface area contributed by atoms with Gasteiger partial charge in [-0.05, 0) is 58.7 Å². The zero-order valence-corrected chi connectivity index (χ0v) is 25.3. The lowest BCUT2D eigenvalue weighted by Crippen LogP contribution is -2.46. The van der Waals surface area contributed by atoms with Gasteiger partial charge in [-0.15, -0.1) is 0 Å².